The largest absolute Gasteiger partial charge is 0.370 e. The summed E-state index contributed by atoms with van der Waals surface area (Å²) in [6.07, 6.45) is 1.19. The molecule has 0 fully saturated rings. The fourth-order valence-electron chi connectivity index (χ4n) is 1.89. The Bertz CT molecular complexity index is 381. The predicted octanol–water partition coefficient (Wildman–Crippen LogP) is -0.390. The third kappa shape index (κ3) is 1.45. The van der Waals surface area contributed by atoms with Gasteiger partial charge in [-0.15, -0.1) is 0 Å². The fraction of sp³-hybridized carbons (Fsp3) is 0.700. The number of guanidine groups is 1. The van der Waals surface area contributed by atoms with Crippen molar-refractivity contribution >= 4 is 18.2 Å². The Morgan fingerprint density at radius 3 is 2.62 bits per heavy atom. The highest BCUT2D eigenvalue weighted by Crippen LogP contribution is 2.24. The fourth-order valence-corrected chi connectivity index (χ4v) is 1.89. The molecule has 6 nitrogen and oxygen atoms in total. The molecule has 0 aromatic rings. The van der Waals surface area contributed by atoms with E-state index in [0.717, 1.165) is 0 Å². The number of hydrogen-bond acceptors (Lipinski definition) is 5. The lowest BCUT2D eigenvalue weighted by Gasteiger charge is -2.38. The van der Waals surface area contributed by atoms with Gasteiger partial charge in [0.25, 0.3) is 5.91 Å². The molecular formula is C10H17N5O. The van der Waals surface area contributed by atoms with Crippen LogP contribution in [0, 0.1) is 0 Å². The molecule has 6 heteroatoms. The van der Waals surface area contributed by atoms with E-state index in [1.54, 1.807) is 23.2 Å². The maximum absolute atomic E-state index is 12.3. The highest BCUT2D eigenvalue weighted by Gasteiger charge is 2.45. The van der Waals surface area contributed by atoms with Gasteiger partial charge in [0.1, 0.15) is 0 Å². The van der Waals surface area contributed by atoms with Crippen molar-refractivity contribution in [2.45, 2.75) is 38.5 Å². The van der Waals surface area contributed by atoms with Crippen LogP contribution < -0.4 is 5.73 Å². The molecular weight excluding hydrogens is 206 g/mol. The Morgan fingerprint density at radius 1 is 1.44 bits per heavy atom. The molecule has 0 aromatic carbocycles. The molecule has 2 unspecified atom stereocenters. The lowest BCUT2D eigenvalue weighted by molar-refractivity contribution is -0.135. The number of aliphatic imine (C=N–C) groups is 2. The van der Waals surface area contributed by atoms with E-state index >= 15 is 0 Å². The molecule has 1 amide bonds. The third-order valence-electron chi connectivity index (χ3n) is 2.87. The van der Waals surface area contributed by atoms with E-state index in [0.29, 0.717) is 5.96 Å². The topological polar surface area (TPSA) is 74.3 Å². The average molecular weight is 223 g/mol. The smallest absolute Gasteiger partial charge is 0.255 e. The second-order valence-corrected chi connectivity index (χ2v) is 5.10. The molecule has 0 bridgehead atoms. The van der Waals surface area contributed by atoms with Crippen molar-refractivity contribution in [1.82, 2.24) is 9.80 Å². The summed E-state index contributed by atoms with van der Waals surface area (Å²) in [5, 5.41) is 0. The molecule has 2 aliphatic heterocycles. The summed E-state index contributed by atoms with van der Waals surface area (Å²) in [4.78, 5) is 24.0. The van der Waals surface area contributed by atoms with Gasteiger partial charge in [0.2, 0.25) is 0 Å². The number of hydrogen-bond donors (Lipinski definition) is 1. The normalized spacial score (nSPS) is 29.5. The molecule has 16 heavy (non-hydrogen) atoms. The van der Waals surface area contributed by atoms with Gasteiger partial charge in [0.05, 0.1) is 6.34 Å². The average Bonchev–Trinajstić information content (AvgIpc) is 2.41. The van der Waals surface area contributed by atoms with Crippen LogP contribution in [0.3, 0.4) is 0 Å². The van der Waals surface area contributed by atoms with Crippen molar-refractivity contribution < 1.29 is 4.79 Å². The van der Waals surface area contributed by atoms with Crippen LogP contribution in [0.25, 0.3) is 0 Å². The van der Waals surface area contributed by atoms with E-state index in [1.807, 2.05) is 20.8 Å². The summed E-state index contributed by atoms with van der Waals surface area (Å²) in [7, 11) is 1.77. The van der Waals surface area contributed by atoms with Crippen LogP contribution in [0.1, 0.15) is 20.8 Å². The highest BCUT2D eigenvalue weighted by molar-refractivity contribution is 5.99. The molecule has 0 spiro atoms. The van der Waals surface area contributed by atoms with Gasteiger partial charge in [-0.05, 0) is 20.8 Å². The molecule has 0 aliphatic carbocycles. The molecule has 0 saturated heterocycles. The van der Waals surface area contributed by atoms with E-state index in [1.165, 1.54) is 0 Å². The number of likely N-dealkylation sites (N-methyl/N-ethyl adjacent to an activating group) is 1. The van der Waals surface area contributed by atoms with Crippen LogP contribution in [0.15, 0.2) is 9.98 Å². The maximum Gasteiger partial charge on any atom is 0.255 e. The summed E-state index contributed by atoms with van der Waals surface area (Å²) < 4.78 is 0. The van der Waals surface area contributed by atoms with Gasteiger partial charge in [-0.1, -0.05) is 0 Å². The van der Waals surface area contributed by atoms with Crippen molar-refractivity contribution in [1.29, 1.82) is 0 Å². The molecule has 2 rings (SSSR count). The second-order valence-electron chi connectivity index (χ2n) is 5.10. The first-order valence-corrected chi connectivity index (χ1v) is 5.25. The lowest BCUT2D eigenvalue weighted by Crippen LogP contribution is -2.58. The number of fused-ring (bicyclic) bond motifs is 1. The number of carbonyl (C=O) groups excluding carboxylic acids is 1. The van der Waals surface area contributed by atoms with Crippen LogP contribution >= 0.6 is 0 Å². The van der Waals surface area contributed by atoms with Gasteiger partial charge in [-0.2, -0.15) is 0 Å². The monoisotopic (exact) mass is 223 g/mol. The summed E-state index contributed by atoms with van der Waals surface area (Å²) in [6.45, 7) is 5.91. The first-order chi connectivity index (χ1) is 7.32. The third-order valence-corrected chi connectivity index (χ3v) is 2.87. The Labute approximate surface area is 94.8 Å². The van der Waals surface area contributed by atoms with E-state index in [4.69, 9.17) is 5.73 Å². The maximum atomic E-state index is 12.3. The molecule has 2 N–H and O–H groups in total. The van der Waals surface area contributed by atoms with Gasteiger partial charge >= 0.3 is 0 Å². The first-order valence-electron chi connectivity index (χ1n) is 5.25. The minimum Gasteiger partial charge on any atom is -0.370 e. The molecule has 0 radical (unpaired) electrons. The van der Waals surface area contributed by atoms with Gasteiger partial charge in [-0.25, -0.2) is 9.98 Å². The second kappa shape index (κ2) is 3.20. The number of rotatable bonds is 0. The molecule has 0 aromatic heterocycles. The van der Waals surface area contributed by atoms with E-state index in [-0.39, 0.29) is 23.7 Å². The predicted molar refractivity (Wildman–Crippen MR) is 62.1 cm³/mol. The minimum atomic E-state index is -0.385. The summed E-state index contributed by atoms with van der Waals surface area (Å²) in [6, 6.07) is -0.385. The van der Waals surface area contributed by atoms with Crippen molar-refractivity contribution in [3.63, 3.8) is 0 Å². The van der Waals surface area contributed by atoms with Crippen LogP contribution in [-0.2, 0) is 4.79 Å². The van der Waals surface area contributed by atoms with E-state index in [2.05, 4.69) is 9.98 Å². The van der Waals surface area contributed by atoms with Crippen molar-refractivity contribution in [3.8, 4) is 0 Å². The number of nitrogens with zero attached hydrogens (tertiary/aromatic N) is 4. The van der Waals surface area contributed by atoms with Crippen molar-refractivity contribution in [2.75, 3.05) is 7.05 Å². The van der Waals surface area contributed by atoms with Crippen molar-refractivity contribution in [3.05, 3.63) is 0 Å². The molecule has 0 saturated carbocycles. The Kier molecular flexibility index (Phi) is 2.18. The van der Waals surface area contributed by atoms with Crippen LogP contribution in [0.4, 0.5) is 0 Å². The molecule has 2 atom stereocenters. The summed E-state index contributed by atoms with van der Waals surface area (Å²) in [5.74, 6) is 0.371. The van der Waals surface area contributed by atoms with Gasteiger partial charge < -0.3 is 10.6 Å². The summed E-state index contributed by atoms with van der Waals surface area (Å²) in [5.41, 5.74) is 5.41. The molecule has 2 aliphatic rings. The Balaban J connectivity index is 2.32. The van der Waals surface area contributed by atoms with E-state index < -0.39 is 0 Å². The van der Waals surface area contributed by atoms with Gasteiger partial charge in [0, 0.05) is 12.6 Å². The number of nitrogens with two attached hydrogens (primary N) is 1. The van der Waals surface area contributed by atoms with Gasteiger partial charge in [0.15, 0.2) is 18.2 Å². The zero-order valence-electron chi connectivity index (χ0n) is 10.0. The van der Waals surface area contributed by atoms with Crippen molar-refractivity contribution in [2.24, 2.45) is 15.7 Å². The standard InChI is InChI=1S/C10H17N5O/c1-10(2,3)15-5-12-7-6(8(15)16)14(4)9(11)13-7/h5-7H,1-4H3,(H2,11,13). The Hall–Kier alpha value is -1.59. The SMILES string of the molecule is CN1C(N)=NC2N=CN(C(C)(C)C)C(=O)C21. The van der Waals surface area contributed by atoms with Crippen LogP contribution in [-0.4, -0.2) is 52.8 Å². The number of amides is 1. The molecule has 88 valence electrons. The zero-order valence-corrected chi connectivity index (χ0v) is 10.0. The minimum absolute atomic E-state index is 0.000741. The quantitative estimate of drug-likeness (QED) is 0.607. The zero-order chi connectivity index (χ0) is 12.1. The van der Waals surface area contributed by atoms with E-state index in [9.17, 15) is 4.79 Å². The Morgan fingerprint density at radius 2 is 2.06 bits per heavy atom. The molecule has 2 heterocycles. The van der Waals surface area contributed by atoms with Crippen LogP contribution in [0.5, 0.6) is 0 Å². The summed E-state index contributed by atoms with van der Waals surface area (Å²) >= 11 is 0. The lowest BCUT2D eigenvalue weighted by atomic mass is 10.0. The highest BCUT2D eigenvalue weighted by atomic mass is 16.2. The first kappa shape index (κ1) is 10.9. The van der Waals surface area contributed by atoms with Crippen LogP contribution in [0.2, 0.25) is 0 Å². The van der Waals surface area contributed by atoms with Gasteiger partial charge in [-0.3, -0.25) is 9.69 Å². The number of carbonyl (C=O) groups is 1.